The number of carbonyl (C=O) groups excluding carboxylic acids is 2. The van der Waals surface area contributed by atoms with Gasteiger partial charge in [0.1, 0.15) is 17.6 Å². The maximum absolute atomic E-state index is 12.8. The topological polar surface area (TPSA) is 96.7 Å². The van der Waals surface area contributed by atoms with Gasteiger partial charge in [-0.2, -0.15) is 0 Å². The number of ether oxygens (including phenoxy) is 1. The van der Waals surface area contributed by atoms with Crippen LogP contribution in [0.4, 0.5) is 5.69 Å². The first-order chi connectivity index (χ1) is 18.9. The number of rotatable bonds is 8. The van der Waals surface area contributed by atoms with Crippen molar-refractivity contribution in [1.82, 2.24) is 15.2 Å². The van der Waals surface area contributed by atoms with Gasteiger partial charge in [0.15, 0.2) is 5.11 Å². The Morgan fingerprint density at radius 2 is 1.90 bits per heavy atom. The second-order valence-electron chi connectivity index (χ2n) is 9.26. The summed E-state index contributed by atoms with van der Waals surface area (Å²) in [5.41, 5.74) is 3.86. The maximum atomic E-state index is 12.8. The average Bonchev–Trinajstić information content (AvgIpc) is 3.58. The third-order valence-corrected chi connectivity index (χ3v) is 6.95. The summed E-state index contributed by atoms with van der Waals surface area (Å²) in [7, 11) is 1.35. The first-order valence-electron chi connectivity index (χ1n) is 12.6. The van der Waals surface area contributed by atoms with E-state index < -0.39 is 5.97 Å². The fourth-order valence-corrected chi connectivity index (χ4v) is 4.95. The predicted octanol–water partition coefficient (Wildman–Crippen LogP) is 5.44. The molecule has 5 rings (SSSR count). The van der Waals surface area contributed by atoms with Crippen molar-refractivity contribution in [3.8, 4) is 11.3 Å². The number of aromatic nitrogens is 1. The fourth-order valence-electron chi connectivity index (χ4n) is 4.62. The van der Waals surface area contributed by atoms with Crippen molar-refractivity contribution in [2.75, 3.05) is 19.0 Å². The molecule has 1 fully saturated rings. The van der Waals surface area contributed by atoms with E-state index in [0.717, 1.165) is 22.5 Å². The Morgan fingerprint density at radius 1 is 1.08 bits per heavy atom. The summed E-state index contributed by atoms with van der Waals surface area (Å²) in [4.78, 5) is 31.3. The number of furan rings is 1. The number of methoxy groups -OCH3 is 1. The van der Waals surface area contributed by atoms with Gasteiger partial charge in [-0.25, -0.2) is 4.79 Å². The van der Waals surface area contributed by atoms with Crippen LogP contribution in [0, 0.1) is 6.92 Å². The Morgan fingerprint density at radius 3 is 2.64 bits per heavy atom. The van der Waals surface area contributed by atoms with Crippen LogP contribution in [0.25, 0.3) is 11.3 Å². The van der Waals surface area contributed by atoms with Crippen LogP contribution in [0.2, 0.25) is 0 Å². The zero-order valence-electron chi connectivity index (χ0n) is 21.6. The summed E-state index contributed by atoms with van der Waals surface area (Å²) in [6.45, 7) is 2.38. The van der Waals surface area contributed by atoms with E-state index in [4.69, 9.17) is 21.4 Å². The van der Waals surface area contributed by atoms with Gasteiger partial charge in [-0.1, -0.05) is 35.9 Å². The number of pyridine rings is 1. The van der Waals surface area contributed by atoms with Crippen molar-refractivity contribution >= 4 is 34.9 Å². The number of hydrogen-bond acceptors (Lipinski definition) is 6. The van der Waals surface area contributed by atoms with Crippen LogP contribution in [0.3, 0.4) is 0 Å². The average molecular weight is 541 g/mol. The largest absolute Gasteiger partial charge is 0.465 e. The van der Waals surface area contributed by atoms with Crippen molar-refractivity contribution in [3.05, 3.63) is 108 Å². The molecular weight excluding hydrogens is 512 g/mol. The first kappa shape index (κ1) is 26.1. The molecule has 3 heterocycles. The molecule has 2 unspecified atom stereocenters. The number of aryl methyl sites for hydroxylation is 1. The molecule has 2 atom stereocenters. The lowest BCUT2D eigenvalue weighted by atomic mass is 10.0. The van der Waals surface area contributed by atoms with Crippen LogP contribution in [-0.4, -0.2) is 40.5 Å². The second-order valence-corrected chi connectivity index (χ2v) is 9.65. The monoisotopic (exact) mass is 540 g/mol. The van der Waals surface area contributed by atoms with E-state index >= 15 is 0 Å². The van der Waals surface area contributed by atoms with Gasteiger partial charge in [0.25, 0.3) is 0 Å². The van der Waals surface area contributed by atoms with E-state index in [9.17, 15) is 9.59 Å². The molecule has 1 amide bonds. The lowest BCUT2D eigenvalue weighted by molar-refractivity contribution is -0.116. The Hall–Kier alpha value is -4.50. The molecule has 0 radical (unpaired) electrons. The molecule has 2 aromatic heterocycles. The quantitative estimate of drug-likeness (QED) is 0.225. The second kappa shape index (κ2) is 11.5. The van der Waals surface area contributed by atoms with Crippen LogP contribution >= 0.6 is 12.2 Å². The molecule has 0 spiro atoms. The molecular formula is C30H28N4O4S. The molecule has 198 valence electrons. The third kappa shape index (κ3) is 5.83. The molecule has 8 nitrogen and oxygen atoms in total. The van der Waals surface area contributed by atoms with E-state index in [-0.39, 0.29) is 24.4 Å². The molecule has 9 heteroatoms. The highest BCUT2D eigenvalue weighted by Crippen LogP contribution is 2.40. The Balaban J connectivity index is 1.40. The van der Waals surface area contributed by atoms with Gasteiger partial charge < -0.3 is 24.7 Å². The summed E-state index contributed by atoms with van der Waals surface area (Å²) in [5, 5.41) is 6.84. The minimum atomic E-state index is -0.417. The van der Waals surface area contributed by atoms with Gasteiger partial charge in [0.05, 0.1) is 24.4 Å². The van der Waals surface area contributed by atoms with Gasteiger partial charge in [0.2, 0.25) is 5.91 Å². The van der Waals surface area contributed by atoms with Gasteiger partial charge >= 0.3 is 5.97 Å². The Labute approximate surface area is 232 Å². The van der Waals surface area contributed by atoms with Crippen LogP contribution in [-0.2, 0) is 9.53 Å². The van der Waals surface area contributed by atoms with Crippen LogP contribution in [0.5, 0.6) is 0 Å². The lowest BCUT2D eigenvalue weighted by Gasteiger charge is -2.25. The maximum Gasteiger partial charge on any atom is 0.337 e. The summed E-state index contributed by atoms with van der Waals surface area (Å²) >= 11 is 5.71. The molecule has 2 N–H and O–H groups in total. The number of esters is 1. The van der Waals surface area contributed by atoms with Crippen molar-refractivity contribution in [1.29, 1.82) is 0 Å². The number of thiocarbonyl (C=S) groups is 1. The predicted molar refractivity (Wildman–Crippen MR) is 152 cm³/mol. The molecule has 1 aliphatic heterocycles. The SMILES string of the molecule is COC(=O)c1cccc(-c2ccc(C3C(c4ccccn4)NC(=S)N3CCC(=O)Nc3ccc(C)cc3)o2)c1. The first-order valence-corrected chi connectivity index (χ1v) is 13.0. The lowest BCUT2D eigenvalue weighted by Crippen LogP contribution is -2.32. The smallest absolute Gasteiger partial charge is 0.337 e. The van der Waals surface area contributed by atoms with Crippen LogP contribution in [0.1, 0.15) is 45.9 Å². The number of hydrogen-bond donors (Lipinski definition) is 2. The van der Waals surface area contributed by atoms with Crippen molar-refractivity contribution < 1.29 is 18.7 Å². The van der Waals surface area contributed by atoms with E-state index in [2.05, 4.69) is 15.6 Å². The zero-order valence-corrected chi connectivity index (χ0v) is 22.4. The van der Waals surface area contributed by atoms with Crippen LogP contribution in [0.15, 0.2) is 89.5 Å². The number of carbonyl (C=O) groups is 2. The highest BCUT2D eigenvalue weighted by Gasteiger charge is 2.41. The van der Waals surface area contributed by atoms with Crippen molar-refractivity contribution in [2.24, 2.45) is 0 Å². The third-order valence-electron chi connectivity index (χ3n) is 6.60. The molecule has 0 saturated carbocycles. The molecule has 39 heavy (non-hydrogen) atoms. The molecule has 1 aliphatic rings. The van der Waals surface area contributed by atoms with E-state index in [1.54, 1.807) is 24.4 Å². The molecule has 2 aromatic carbocycles. The Bertz CT molecular complexity index is 1490. The van der Waals surface area contributed by atoms with Crippen molar-refractivity contribution in [3.63, 3.8) is 0 Å². The van der Waals surface area contributed by atoms with E-state index in [1.165, 1.54) is 7.11 Å². The van der Waals surface area contributed by atoms with Gasteiger partial charge in [-0.15, -0.1) is 0 Å². The summed E-state index contributed by atoms with van der Waals surface area (Å²) in [6.07, 6.45) is 1.97. The van der Waals surface area contributed by atoms with Gasteiger partial charge in [-0.05, 0) is 67.7 Å². The number of anilines is 1. The number of amides is 1. The number of benzene rings is 2. The molecule has 4 aromatic rings. The van der Waals surface area contributed by atoms with E-state index in [1.807, 2.05) is 72.5 Å². The zero-order chi connectivity index (χ0) is 27.4. The molecule has 0 aliphatic carbocycles. The number of nitrogens with one attached hydrogen (secondary N) is 2. The summed E-state index contributed by atoms with van der Waals surface area (Å²) < 4.78 is 11.2. The van der Waals surface area contributed by atoms with Crippen molar-refractivity contribution in [2.45, 2.75) is 25.4 Å². The summed E-state index contributed by atoms with van der Waals surface area (Å²) in [5.74, 6) is 0.738. The van der Waals surface area contributed by atoms with E-state index in [0.29, 0.717) is 28.7 Å². The minimum absolute atomic E-state index is 0.110. The van der Waals surface area contributed by atoms with Crippen LogP contribution < -0.4 is 10.6 Å². The summed E-state index contributed by atoms with van der Waals surface area (Å²) in [6, 6.07) is 23.6. The van der Waals surface area contributed by atoms with Gasteiger partial charge in [-0.3, -0.25) is 9.78 Å². The van der Waals surface area contributed by atoms with Gasteiger partial charge in [0, 0.05) is 30.4 Å². The standard InChI is InChI=1S/C30H28N4O4S/c1-19-9-11-22(12-10-19)32-26(35)15-17-34-28(27(33-30(34)39)23-8-3-4-16-31-23)25-14-13-24(38-25)20-6-5-7-21(18-20)29(36)37-2/h3-14,16,18,27-28H,15,17H2,1-2H3,(H,32,35)(H,33,39). The Kier molecular flexibility index (Phi) is 7.69. The highest BCUT2D eigenvalue weighted by molar-refractivity contribution is 7.80. The molecule has 1 saturated heterocycles. The highest BCUT2D eigenvalue weighted by atomic mass is 32.1. The number of nitrogens with zero attached hydrogens (tertiary/aromatic N) is 2. The fraction of sp³-hybridized carbons (Fsp3) is 0.200. The normalized spacial score (nSPS) is 16.6. The minimum Gasteiger partial charge on any atom is -0.465 e. The molecule has 0 bridgehead atoms.